The van der Waals surface area contributed by atoms with Crippen molar-refractivity contribution in [3.63, 3.8) is 0 Å². The molecule has 0 aliphatic rings. The zero-order chi connectivity index (χ0) is 16.7. The van der Waals surface area contributed by atoms with Gasteiger partial charge in [-0.1, -0.05) is 47.5 Å². The van der Waals surface area contributed by atoms with Crippen molar-refractivity contribution in [3.8, 4) is 5.75 Å². The fraction of sp³-hybridized carbons (Fsp3) is 0.278. The van der Waals surface area contributed by atoms with Crippen molar-refractivity contribution >= 4 is 29.1 Å². The molecule has 1 atom stereocenters. The average molecular weight is 352 g/mol. The summed E-state index contributed by atoms with van der Waals surface area (Å²) in [5.74, 6) is 0.765. The van der Waals surface area contributed by atoms with Crippen LogP contribution >= 0.6 is 23.2 Å². The highest BCUT2D eigenvalue weighted by molar-refractivity contribution is 6.35. The van der Waals surface area contributed by atoms with Crippen LogP contribution in [0.3, 0.4) is 0 Å². The molecule has 0 radical (unpaired) electrons. The van der Waals surface area contributed by atoms with E-state index in [9.17, 15) is 4.79 Å². The van der Waals surface area contributed by atoms with Gasteiger partial charge in [-0.25, -0.2) is 0 Å². The third-order valence-corrected chi connectivity index (χ3v) is 3.87. The third-order valence-electron chi connectivity index (χ3n) is 3.29. The second-order valence-corrected chi connectivity index (χ2v) is 6.17. The molecule has 1 amide bonds. The quantitative estimate of drug-likeness (QED) is 0.796. The van der Waals surface area contributed by atoms with Crippen molar-refractivity contribution in [3.05, 3.63) is 64.1 Å². The molecule has 5 heteroatoms. The summed E-state index contributed by atoms with van der Waals surface area (Å²) in [7, 11) is 0. The van der Waals surface area contributed by atoms with E-state index in [0.717, 1.165) is 11.3 Å². The minimum Gasteiger partial charge on any atom is -0.491 e. The molecular weight excluding hydrogens is 333 g/mol. The lowest BCUT2D eigenvalue weighted by Gasteiger charge is -2.15. The molecule has 23 heavy (non-hydrogen) atoms. The molecule has 0 aromatic heterocycles. The first-order valence-electron chi connectivity index (χ1n) is 7.45. The van der Waals surface area contributed by atoms with E-state index >= 15 is 0 Å². The molecular formula is C18H19Cl2NO2. The number of aryl methyl sites for hydroxylation is 1. The highest BCUT2D eigenvalue weighted by atomic mass is 35.5. The number of hydrogen-bond acceptors (Lipinski definition) is 2. The van der Waals surface area contributed by atoms with Gasteiger partial charge >= 0.3 is 0 Å². The molecule has 0 aliphatic carbocycles. The summed E-state index contributed by atoms with van der Waals surface area (Å²) in [5.41, 5.74) is 0.916. The van der Waals surface area contributed by atoms with Crippen molar-refractivity contribution in [2.24, 2.45) is 0 Å². The third kappa shape index (κ3) is 6.12. The molecule has 122 valence electrons. The van der Waals surface area contributed by atoms with E-state index < -0.39 is 0 Å². The first-order valence-corrected chi connectivity index (χ1v) is 8.21. The molecule has 1 N–H and O–H groups in total. The summed E-state index contributed by atoms with van der Waals surface area (Å²) >= 11 is 12.0. The number of halogens is 2. The second kappa shape index (κ2) is 8.80. The Morgan fingerprint density at radius 3 is 2.61 bits per heavy atom. The van der Waals surface area contributed by atoms with Crippen LogP contribution in [0.2, 0.25) is 10.0 Å². The predicted molar refractivity (Wildman–Crippen MR) is 94.3 cm³/mol. The van der Waals surface area contributed by atoms with Crippen LogP contribution in [0.1, 0.15) is 18.9 Å². The fourth-order valence-corrected chi connectivity index (χ4v) is 2.60. The Balaban J connectivity index is 1.73. The van der Waals surface area contributed by atoms with Gasteiger partial charge in [-0.2, -0.15) is 0 Å². The van der Waals surface area contributed by atoms with Crippen molar-refractivity contribution < 1.29 is 9.53 Å². The normalized spacial score (nSPS) is 11.8. The molecule has 0 aliphatic heterocycles. The SMILES string of the molecule is C[C@@H](COc1ccccc1)NC(=O)CCc1ccc(Cl)cc1Cl. The summed E-state index contributed by atoms with van der Waals surface area (Å²) < 4.78 is 5.61. The van der Waals surface area contributed by atoms with Crippen molar-refractivity contribution in [1.29, 1.82) is 0 Å². The number of ether oxygens (including phenoxy) is 1. The van der Waals surface area contributed by atoms with Crippen molar-refractivity contribution in [2.75, 3.05) is 6.61 Å². The minimum atomic E-state index is -0.0663. The summed E-state index contributed by atoms with van der Waals surface area (Å²) in [6.07, 6.45) is 0.950. The molecule has 2 aromatic carbocycles. The monoisotopic (exact) mass is 351 g/mol. The van der Waals surface area contributed by atoms with Gasteiger partial charge in [0.05, 0.1) is 6.04 Å². The van der Waals surface area contributed by atoms with E-state index in [1.54, 1.807) is 12.1 Å². The van der Waals surface area contributed by atoms with Gasteiger partial charge in [-0.05, 0) is 43.2 Å². The summed E-state index contributed by atoms with van der Waals surface area (Å²) in [6.45, 7) is 2.34. The van der Waals surface area contributed by atoms with Crippen LogP contribution in [-0.4, -0.2) is 18.6 Å². The molecule has 0 saturated carbocycles. The molecule has 2 rings (SSSR count). The number of rotatable bonds is 7. The van der Waals surface area contributed by atoms with Crippen LogP contribution in [0.5, 0.6) is 5.75 Å². The number of benzene rings is 2. The Morgan fingerprint density at radius 2 is 1.91 bits per heavy atom. The van der Waals surface area contributed by atoms with E-state index in [2.05, 4.69) is 5.32 Å². The van der Waals surface area contributed by atoms with E-state index in [0.29, 0.717) is 29.5 Å². The number of nitrogens with one attached hydrogen (secondary N) is 1. The van der Waals surface area contributed by atoms with Gasteiger partial charge in [0.2, 0.25) is 5.91 Å². The first-order chi connectivity index (χ1) is 11.0. The Labute approximate surface area is 146 Å². The maximum atomic E-state index is 12.0. The van der Waals surface area contributed by atoms with Gasteiger partial charge in [-0.15, -0.1) is 0 Å². The zero-order valence-corrected chi connectivity index (χ0v) is 14.4. The van der Waals surface area contributed by atoms with Gasteiger partial charge in [0.25, 0.3) is 0 Å². The maximum absolute atomic E-state index is 12.0. The van der Waals surface area contributed by atoms with E-state index in [1.807, 2.05) is 43.3 Å². The first kappa shape index (κ1) is 17.6. The molecule has 3 nitrogen and oxygen atoms in total. The topological polar surface area (TPSA) is 38.3 Å². The highest BCUT2D eigenvalue weighted by Crippen LogP contribution is 2.22. The molecule has 0 fully saturated rings. The summed E-state index contributed by atoms with van der Waals surface area (Å²) in [5, 5.41) is 4.10. The van der Waals surface area contributed by atoms with Gasteiger partial charge in [0.1, 0.15) is 12.4 Å². The van der Waals surface area contributed by atoms with Crippen LogP contribution in [0.4, 0.5) is 0 Å². The lowest BCUT2D eigenvalue weighted by atomic mass is 10.1. The van der Waals surface area contributed by atoms with Crippen LogP contribution in [-0.2, 0) is 11.2 Å². The number of amides is 1. The Kier molecular flexibility index (Phi) is 6.75. The minimum absolute atomic E-state index is 0.0276. The molecule has 0 bridgehead atoms. The van der Waals surface area contributed by atoms with Crippen LogP contribution in [0, 0.1) is 0 Å². The maximum Gasteiger partial charge on any atom is 0.220 e. The number of para-hydroxylation sites is 1. The van der Waals surface area contributed by atoms with Crippen molar-refractivity contribution in [2.45, 2.75) is 25.8 Å². The summed E-state index contributed by atoms with van der Waals surface area (Å²) in [6, 6.07) is 14.8. The van der Waals surface area contributed by atoms with Gasteiger partial charge in [0, 0.05) is 16.5 Å². The van der Waals surface area contributed by atoms with Gasteiger partial charge in [0.15, 0.2) is 0 Å². The summed E-state index contributed by atoms with van der Waals surface area (Å²) in [4.78, 5) is 12.0. The van der Waals surface area contributed by atoms with Crippen molar-refractivity contribution in [1.82, 2.24) is 5.32 Å². The standard InChI is InChI=1S/C18H19Cl2NO2/c1-13(12-23-16-5-3-2-4-6-16)21-18(22)10-8-14-7-9-15(19)11-17(14)20/h2-7,9,11,13H,8,10,12H2,1H3,(H,21,22)/t13-/m0/s1. The lowest BCUT2D eigenvalue weighted by Crippen LogP contribution is -2.36. The lowest BCUT2D eigenvalue weighted by molar-refractivity contribution is -0.121. The number of hydrogen-bond donors (Lipinski definition) is 1. The molecule has 2 aromatic rings. The predicted octanol–water partition coefficient (Wildman–Crippen LogP) is 4.51. The van der Waals surface area contributed by atoms with Crippen LogP contribution in [0.15, 0.2) is 48.5 Å². The molecule has 0 unspecified atom stereocenters. The fourth-order valence-electron chi connectivity index (χ4n) is 2.10. The average Bonchev–Trinajstić information content (AvgIpc) is 2.53. The molecule has 0 heterocycles. The zero-order valence-electron chi connectivity index (χ0n) is 12.9. The van der Waals surface area contributed by atoms with Gasteiger partial charge < -0.3 is 10.1 Å². The number of carbonyl (C=O) groups is 1. The van der Waals surface area contributed by atoms with E-state index in [1.165, 1.54) is 0 Å². The second-order valence-electron chi connectivity index (χ2n) is 5.33. The van der Waals surface area contributed by atoms with Crippen LogP contribution < -0.4 is 10.1 Å². The van der Waals surface area contributed by atoms with Gasteiger partial charge in [-0.3, -0.25) is 4.79 Å². The molecule has 0 saturated heterocycles. The highest BCUT2D eigenvalue weighted by Gasteiger charge is 2.10. The Morgan fingerprint density at radius 1 is 1.17 bits per heavy atom. The number of carbonyl (C=O) groups excluding carboxylic acids is 1. The Hall–Kier alpha value is -1.71. The largest absolute Gasteiger partial charge is 0.491 e. The molecule has 0 spiro atoms. The van der Waals surface area contributed by atoms with E-state index in [-0.39, 0.29) is 11.9 Å². The smallest absolute Gasteiger partial charge is 0.220 e. The Bertz CT molecular complexity index is 647. The van der Waals surface area contributed by atoms with Crippen LogP contribution in [0.25, 0.3) is 0 Å². The van der Waals surface area contributed by atoms with E-state index in [4.69, 9.17) is 27.9 Å².